The summed E-state index contributed by atoms with van der Waals surface area (Å²) in [5, 5.41) is 0. The van der Waals surface area contributed by atoms with Gasteiger partial charge in [0.2, 0.25) is 10.0 Å². The van der Waals surface area contributed by atoms with Gasteiger partial charge in [-0.15, -0.1) is 0 Å². The Morgan fingerprint density at radius 3 is 2.00 bits per heavy atom. The summed E-state index contributed by atoms with van der Waals surface area (Å²) in [6.07, 6.45) is 0. The Kier molecular flexibility index (Phi) is 5.10. The van der Waals surface area contributed by atoms with Crippen LogP contribution >= 0.6 is 0 Å². The Labute approximate surface area is 131 Å². The molecule has 2 saturated heterocycles. The van der Waals surface area contributed by atoms with Gasteiger partial charge in [-0.25, -0.2) is 8.42 Å². The summed E-state index contributed by atoms with van der Waals surface area (Å²) in [4.78, 5) is 2.68. The van der Waals surface area contributed by atoms with Crippen LogP contribution in [0, 0.1) is 0 Å². The summed E-state index contributed by atoms with van der Waals surface area (Å²) >= 11 is 0. The Hall–Kier alpha value is -0.990. The zero-order chi connectivity index (χ0) is 15.4. The van der Waals surface area contributed by atoms with Gasteiger partial charge in [-0.05, 0) is 17.7 Å². The van der Waals surface area contributed by atoms with Gasteiger partial charge in [0.15, 0.2) is 0 Å². The lowest BCUT2D eigenvalue weighted by molar-refractivity contribution is 0.0342. The highest BCUT2D eigenvalue weighted by molar-refractivity contribution is 7.89. The molecule has 2 aliphatic rings. The summed E-state index contributed by atoms with van der Waals surface area (Å²) in [7, 11) is -3.39. The number of morpholine rings is 2. The molecule has 0 aliphatic carbocycles. The van der Waals surface area contributed by atoms with E-state index < -0.39 is 10.0 Å². The average molecular weight is 326 g/mol. The molecule has 0 unspecified atom stereocenters. The second kappa shape index (κ2) is 7.06. The Balaban J connectivity index is 1.67. The highest BCUT2D eigenvalue weighted by Crippen LogP contribution is 2.18. The van der Waals surface area contributed by atoms with Crippen molar-refractivity contribution >= 4 is 10.0 Å². The summed E-state index contributed by atoms with van der Waals surface area (Å²) in [5.41, 5.74) is 1.13. The van der Waals surface area contributed by atoms with E-state index in [1.54, 1.807) is 12.1 Å². The largest absolute Gasteiger partial charge is 0.379 e. The third kappa shape index (κ3) is 3.67. The van der Waals surface area contributed by atoms with E-state index in [-0.39, 0.29) is 0 Å². The molecule has 22 heavy (non-hydrogen) atoms. The van der Waals surface area contributed by atoms with E-state index in [9.17, 15) is 8.42 Å². The van der Waals surface area contributed by atoms with Crippen LogP contribution < -0.4 is 0 Å². The van der Waals surface area contributed by atoms with E-state index in [4.69, 9.17) is 9.47 Å². The number of ether oxygens (including phenoxy) is 2. The van der Waals surface area contributed by atoms with E-state index in [1.165, 1.54) is 4.31 Å². The Morgan fingerprint density at radius 2 is 1.41 bits per heavy atom. The molecule has 2 aliphatic heterocycles. The molecule has 0 radical (unpaired) electrons. The molecule has 3 rings (SSSR count). The molecule has 122 valence electrons. The van der Waals surface area contributed by atoms with Crippen molar-refractivity contribution in [3.05, 3.63) is 29.8 Å². The van der Waals surface area contributed by atoms with E-state index in [0.29, 0.717) is 31.2 Å². The first-order chi connectivity index (χ1) is 10.7. The monoisotopic (exact) mass is 326 g/mol. The molecule has 2 heterocycles. The molecule has 2 fully saturated rings. The predicted octanol–water partition coefficient (Wildman–Crippen LogP) is 0.540. The first kappa shape index (κ1) is 15.9. The molecule has 0 spiro atoms. The maximum atomic E-state index is 12.5. The van der Waals surface area contributed by atoms with Crippen molar-refractivity contribution in [3.63, 3.8) is 0 Å². The number of rotatable bonds is 4. The fraction of sp³-hybridized carbons (Fsp3) is 0.600. The van der Waals surface area contributed by atoms with E-state index >= 15 is 0 Å². The third-order valence-corrected chi connectivity index (χ3v) is 5.95. The summed E-state index contributed by atoms with van der Waals surface area (Å²) < 4.78 is 37.1. The van der Waals surface area contributed by atoms with Crippen LogP contribution in [-0.4, -0.2) is 70.2 Å². The number of sulfonamides is 1. The molecule has 6 nitrogen and oxygen atoms in total. The molecule has 0 bridgehead atoms. The maximum absolute atomic E-state index is 12.5. The second-order valence-electron chi connectivity index (χ2n) is 5.55. The lowest BCUT2D eigenvalue weighted by Crippen LogP contribution is -2.40. The summed E-state index contributed by atoms with van der Waals surface area (Å²) in [6, 6.07) is 7.23. The van der Waals surface area contributed by atoms with Crippen molar-refractivity contribution in [2.24, 2.45) is 0 Å². The first-order valence-corrected chi connectivity index (χ1v) is 9.07. The lowest BCUT2D eigenvalue weighted by atomic mass is 10.2. The average Bonchev–Trinajstić information content (AvgIpc) is 2.57. The van der Waals surface area contributed by atoms with Crippen LogP contribution in [0.15, 0.2) is 29.2 Å². The molecule has 7 heteroatoms. The van der Waals surface area contributed by atoms with Crippen molar-refractivity contribution in [2.45, 2.75) is 11.4 Å². The van der Waals surface area contributed by atoms with Crippen molar-refractivity contribution in [2.75, 3.05) is 52.6 Å². The highest BCUT2D eigenvalue weighted by Gasteiger charge is 2.26. The molecule has 1 aromatic rings. The number of benzene rings is 1. The highest BCUT2D eigenvalue weighted by atomic mass is 32.2. The smallest absolute Gasteiger partial charge is 0.243 e. The summed E-state index contributed by atoms with van der Waals surface area (Å²) in [5.74, 6) is 0. The minimum Gasteiger partial charge on any atom is -0.379 e. The fourth-order valence-electron chi connectivity index (χ4n) is 2.72. The molecule has 0 amide bonds. The van der Waals surface area contributed by atoms with Crippen molar-refractivity contribution in [1.29, 1.82) is 0 Å². The van der Waals surface area contributed by atoms with Gasteiger partial charge in [-0.3, -0.25) is 4.90 Å². The molecule has 0 aromatic heterocycles. The van der Waals surface area contributed by atoms with Crippen LogP contribution in [0.1, 0.15) is 5.56 Å². The molecular weight excluding hydrogens is 304 g/mol. The van der Waals surface area contributed by atoms with Gasteiger partial charge in [-0.2, -0.15) is 4.31 Å². The Morgan fingerprint density at radius 1 is 0.864 bits per heavy atom. The SMILES string of the molecule is O=S(=O)(c1ccc(CN2CCOCC2)cc1)N1CCOCC1. The molecule has 0 atom stereocenters. The van der Waals surface area contributed by atoms with Gasteiger partial charge >= 0.3 is 0 Å². The van der Waals surface area contributed by atoms with Crippen LogP contribution in [0.3, 0.4) is 0 Å². The topological polar surface area (TPSA) is 59.1 Å². The molecular formula is C15H22N2O4S. The summed E-state index contributed by atoms with van der Waals surface area (Å²) in [6.45, 7) is 6.01. The minimum absolute atomic E-state index is 0.361. The maximum Gasteiger partial charge on any atom is 0.243 e. The first-order valence-electron chi connectivity index (χ1n) is 7.63. The molecule has 0 saturated carbocycles. The molecule has 0 N–H and O–H groups in total. The van der Waals surface area contributed by atoms with E-state index in [1.807, 2.05) is 12.1 Å². The molecule has 1 aromatic carbocycles. The number of nitrogens with zero attached hydrogens (tertiary/aromatic N) is 2. The fourth-order valence-corrected chi connectivity index (χ4v) is 4.13. The normalized spacial score (nSPS) is 21.8. The second-order valence-corrected chi connectivity index (χ2v) is 7.49. The predicted molar refractivity (Wildman–Crippen MR) is 82.1 cm³/mol. The zero-order valence-electron chi connectivity index (χ0n) is 12.6. The van der Waals surface area contributed by atoms with E-state index in [2.05, 4.69) is 4.90 Å². The Bertz CT molecular complexity index is 576. The van der Waals surface area contributed by atoms with Crippen LogP contribution in [0.2, 0.25) is 0 Å². The van der Waals surface area contributed by atoms with Crippen LogP contribution in [0.25, 0.3) is 0 Å². The van der Waals surface area contributed by atoms with Crippen molar-refractivity contribution < 1.29 is 17.9 Å². The van der Waals surface area contributed by atoms with Gasteiger partial charge in [-0.1, -0.05) is 12.1 Å². The van der Waals surface area contributed by atoms with Crippen LogP contribution in [0.4, 0.5) is 0 Å². The van der Waals surface area contributed by atoms with Crippen LogP contribution in [0.5, 0.6) is 0 Å². The van der Waals surface area contributed by atoms with Crippen molar-refractivity contribution in [3.8, 4) is 0 Å². The standard InChI is InChI=1S/C15H22N2O4S/c18-22(19,17-7-11-21-12-8-17)15-3-1-14(2-4-15)13-16-5-9-20-10-6-16/h1-4H,5-13H2. The third-order valence-electron chi connectivity index (χ3n) is 4.04. The van der Waals surface area contributed by atoms with Gasteiger partial charge < -0.3 is 9.47 Å². The van der Waals surface area contributed by atoms with Crippen LogP contribution in [-0.2, 0) is 26.0 Å². The van der Waals surface area contributed by atoms with E-state index in [0.717, 1.165) is 38.4 Å². The van der Waals surface area contributed by atoms with Gasteiger partial charge in [0.1, 0.15) is 0 Å². The van der Waals surface area contributed by atoms with Gasteiger partial charge in [0.25, 0.3) is 0 Å². The zero-order valence-corrected chi connectivity index (χ0v) is 13.4. The van der Waals surface area contributed by atoms with Gasteiger partial charge in [0.05, 0.1) is 31.3 Å². The number of hydrogen-bond donors (Lipinski definition) is 0. The number of hydrogen-bond acceptors (Lipinski definition) is 5. The minimum atomic E-state index is -3.39. The van der Waals surface area contributed by atoms with Crippen molar-refractivity contribution in [1.82, 2.24) is 9.21 Å². The van der Waals surface area contributed by atoms with Gasteiger partial charge in [0, 0.05) is 32.7 Å². The lowest BCUT2D eigenvalue weighted by Gasteiger charge is -2.27. The quantitative estimate of drug-likeness (QED) is 0.808.